The molecule has 19 heavy (non-hydrogen) atoms. The molecule has 1 atom stereocenters. The molecule has 0 bridgehead atoms. The summed E-state index contributed by atoms with van der Waals surface area (Å²) in [5.74, 6) is 1.32. The van der Waals surface area contributed by atoms with E-state index in [1.165, 1.54) is 0 Å². The maximum absolute atomic E-state index is 12.3. The van der Waals surface area contributed by atoms with Crippen LogP contribution in [0, 0.1) is 0 Å². The summed E-state index contributed by atoms with van der Waals surface area (Å²) in [7, 11) is -1.08. The van der Waals surface area contributed by atoms with Crippen molar-refractivity contribution in [1.29, 1.82) is 0 Å². The van der Waals surface area contributed by atoms with Gasteiger partial charge in [-0.05, 0) is 38.2 Å². The number of ether oxygens (including phenoxy) is 1. The van der Waals surface area contributed by atoms with E-state index in [-0.39, 0.29) is 0 Å². The summed E-state index contributed by atoms with van der Waals surface area (Å²) in [6.07, 6.45) is 0. The lowest BCUT2D eigenvalue weighted by Crippen LogP contribution is -2.27. The minimum atomic E-state index is -1.08. The van der Waals surface area contributed by atoms with Crippen molar-refractivity contribution in [2.24, 2.45) is 0 Å². The minimum Gasteiger partial charge on any atom is -0.494 e. The molecule has 0 heterocycles. The van der Waals surface area contributed by atoms with Gasteiger partial charge >= 0.3 is 0 Å². The van der Waals surface area contributed by atoms with E-state index in [2.05, 4.69) is 18.7 Å². The molecule has 0 saturated carbocycles. The number of rotatable bonds is 8. The van der Waals surface area contributed by atoms with Crippen molar-refractivity contribution in [2.75, 3.05) is 37.7 Å². The summed E-state index contributed by atoms with van der Waals surface area (Å²) in [6.45, 7) is 9.50. The van der Waals surface area contributed by atoms with Gasteiger partial charge in [0.25, 0.3) is 0 Å². The van der Waals surface area contributed by atoms with E-state index < -0.39 is 10.8 Å². The zero-order valence-electron chi connectivity index (χ0n) is 12.0. The van der Waals surface area contributed by atoms with Crippen LogP contribution in [0.1, 0.15) is 20.8 Å². The molecule has 2 N–H and O–H groups in total. The zero-order valence-corrected chi connectivity index (χ0v) is 12.8. The van der Waals surface area contributed by atoms with Crippen molar-refractivity contribution in [2.45, 2.75) is 25.7 Å². The highest BCUT2D eigenvalue weighted by Crippen LogP contribution is 2.23. The fraction of sp³-hybridized carbons (Fsp3) is 0.571. The summed E-state index contributed by atoms with van der Waals surface area (Å²) >= 11 is 0. The first kappa shape index (κ1) is 16.0. The molecule has 1 rings (SSSR count). The van der Waals surface area contributed by atoms with Crippen LogP contribution in [0.4, 0.5) is 5.69 Å². The van der Waals surface area contributed by atoms with E-state index in [1.807, 2.05) is 13.0 Å². The fourth-order valence-electron chi connectivity index (χ4n) is 1.83. The monoisotopic (exact) mass is 284 g/mol. The normalized spacial score (nSPS) is 12.6. The predicted molar refractivity (Wildman–Crippen MR) is 81.1 cm³/mol. The van der Waals surface area contributed by atoms with Crippen molar-refractivity contribution in [3.05, 3.63) is 18.2 Å². The maximum Gasteiger partial charge on any atom is 0.120 e. The van der Waals surface area contributed by atoms with Crippen LogP contribution in [0.25, 0.3) is 0 Å². The topological polar surface area (TPSA) is 55.6 Å². The number of nitrogen functional groups attached to an aromatic ring is 1. The van der Waals surface area contributed by atoms with Crippen LogP contribution >= 0.6 is 0 Å². The molecule has 0 spiro atoms. The molecule has 1 aromatic carbocycles. The third-order valence-corrected chi connectivity index (χ3v) is 4.43. The molecular weight excluding hydrogens is 260 g/mol. The van der Waals surface area contributed by atoms with Gasteiger partial charge in [0.05, 0.1) is 22.3 Å². The molecule has 1 aromatic rings. The molecule has 0 aliphatic carbocycles. The Morgan fingerprint density at radius 1 is 1.26 bits per heavy atom. The predicted octanol–water partition coefficient (Wildman–Crippen LogP) is 2.12. The number of hydrogen-bond donors (Lipinski definition) is 1. The van der Waals surface area contributed by atoms with Crippen molar-refractivity contribution in [1.82, 2.24) is 4.90 Å². The average Bonchev–Trinajstić information content (AvgIpc) is 2.42. The summed E-state index contributed by atoms with van der Waals surface area (Å²) in [5.41, 5.74) is 6.47. The molecule has 0 aliphatic rings. The number of anilines is 1. The van der Waals surface area contributed by atoms with E-state index in [0.717, 1.165) is 25.4 Å². The van der Waals surface area contributed by atoms with Crippen molar-refractivity contribution in [3.8, 4) is 5.75 Å². The first-order valence-electron chi connectivity index (χ1n) is 6.75. The molecule has 108 valence electrons. The Morgan fingerprint density at radius 3 is 2.53 bits per heavy atom. The molecule has 0 radical (unpaired) electrons. The van der Waals surface area contributed by atoms with Gasteiger partial charge < -0.3 is 15.4 Å². The second-order valence-electron chi connectivity index (χ2n) is 4.21. The lowest BCUT2D eigenvalue weighted by Gasteiger charge is -2.17. The Morgan fingerprint density at radius 2 is 1.95 bits per heavy atom. The van der Waals surface area contributed by atoms with Crippen LogP contribution in [0.2, 0.25) is 0 Å². The average molecular weight is 284 g/mol. The molecule has 5 heteroatoms. The van der Waals surface area contributed by atoms with Crippen molar-refractivity contribution in [3.63, 3.8) is 0 Å². The quantitative estimate of drug-likeness (QED) is 0.743. The zero-order chi connectivity index (χ0) is 14.3. The van der Waals surface area contributed by atoms with Gasteiger partial charge in [0.15, 0.2) is 0 Å². The highest BCUT2D eigenvalue weighted by molar-refractivity contribution is 7.85. The van der Waals surface area contributed by atoms with Gasteiger partial charge in [0.1, 0.15) is 5.75 Å². The van der Waals surface area contributed by atoms with E-state index in [1.54, 1.807) is 12.1 Å². The minimum absolute atomic E-state index is 0.571. The fourth-order valence-corrected chi connectivity index (χ4v) is 3.05. The lowest BCUT2D eigenvalue weighted by molar-refractivity contribution is 0.323. The number of hydrogen-bond acceptors (Lipinski definition) is 4. The van der Waals surface area contributed by atoms with Crippen LogP contribution in [0.15, 0.2) is 23.1 Å². The molecule has 0 aliphatic heterocycles. The largest absolute Gasteiger partial charge is 0.494 e. The van der Waals surface area contributed by atoms with Gasteiger partial charge in [-0.15, -0.1) is 0 Å². The van der Waals surface area contributed by atoms with Crippen LogP contribution in [0.3, 0.4) is 0 Å². The smallest absolute Gasteiger partial charge is 0.120 e. The Bertz CT molecular complexity index is 420. The van der Waals surface area contributed by atoms with Gasteiger partial charge in [0, 0.05) is 18.0 Å². The molecular formula is C14H24N2O2S. The van der Waals surface area contributed by atoms with Crippen molar-refractivity contribution >= 4 is 16.5 Å². The molecule has 0 aromatic heterocycles. The van der Waals surface area contributed by atoms with Crippen LogP contribution < -0.4 is 10.5 Å². The van der Waals surface area contributed by atoms with Crippen LogP contribution in [-0.4, -0.2) is 41.1 Å². The van der Waals surface area contributed by atoms with Gasteiger partial charge in [0.2, 0.25) is 0 Å². The number of benzene rings is 1. The Balaban J connectivity index is 2.72. The summed E-state index contributed by atoms with van der Waals surface area (Å²) in [6, 6.07) is 5.36. The molecule has 4 nitrogen and oxygen atoms in total. The van der Waals surface area contributed by atoms with E-state index >= 15 is 0 Å². The molecule has 0 fully saturated rings. The van der Waals surface area contributed by atoms with Gasteiger partial charge in [-0.1, -0.05) is 13.8 Å². The summed E-state index contributed by atoms with van der Waals surface area (Å²) in [4.78, 5) is 2.93. The summed E-state index contributed by atoms with van der Waals surface area (Å²) < 4.78 is 17.7. The van der Waals surface area contributed by atoms with Crippen LogP contribution in [0.5, 0.6) is 5.75 Å². The second-order valence-corrected chi connectivity index (χ2v) is 5.75. The highest BCUT2D eigenvalue weighted by Gasteiger charge is 2.11. The number of nitrogens with two attached hydrogens (primary N) is 1. The summed E-state index contributed by atoms with van der Waals surface area (Å²) in [5, 5.41) is 0. The van der Waals surface area contributed by atoms with E-state index in [4.69, 9.17) is 10.5 Å². The molecule has 1 unspecified atom stereocenters. The van der Waals surface area contributed by atoms with Gasteiger partial charge in [-0.2, -0.15) is 0 Å². The van der Waals surface area contributed by atoms with Gasteiger partial charge in [-0.3, -0.25) is 4.21 Å². The van der Waals surface area contributed by atoms with E-state index in [0.29, 0.717) is 22.9 Å². The SMILES string of the molecule is CCOc1ccc(N)c(S(=O)CCN(CC)CC)c1. The Hall–Kier alpha value is -1.07. The van der Waals surface area contributed by atoms with Crippen molar-refractivity contribution < 1.29 is 8.95 Å². The lowest BCUT2D eigenvalue weighted by atomic mass is 10.3. The second kappa shape index (κ2) is 8.17. The first-order valence-corrected chi connectivity index (χ1v) is 8.07. The highest BCUT2D eigenvalue weighted by atomic mass is 32.2. The third-order valence-electron chi connectivity index (χ3n) is 3.03. The molecule has 0 amide bonds. The first-order chi connectivity index (χ1) is 9.12. The maximum atomic E-state index is 12.3. The Kier molecular flexibility index (Phi) is 6.87. The standard InChI is InChI=1S/C14H24N2O2S/c1-4-16(5-2)9-10-19(17)14-11-12(18-6-3)7-8-13(14)15/h7-8,11H,4-6,9-10,15H2,1-3H3. The van der Waals surface area contributed by atoms with Gasteiger partial charge in [-0.25, -0.2) is 0 Å². The third kappa shape index (κ3) is 4.84. The molecule has 0 saturated heterocycles. The number of nitrogens with zero attached hydrogens (tertiary/aromatic N) is 1. The van der Waals surface area contributed by atoms with Crippen LogP contribution in [-0.2, 0) is 10.8 Å². The Labute approximate surface area is 118 Å². The van der Waals surface area contributed by atoms with E-state index in [9.17, 15) is 4.21 Å².